The van der Waals surface area contributed by atoms with Gasteiger partial charge < -0.3 is 0 Å². The molecule has 0 aliphatic carbocycles. The first-order valence-electron chi connectivity index (χ1n) is 48.1. The molecular formula is C130H78N14. The van der Waals surface area contributed by atoms with Gasteiger partial charge in [0.1, 0.15) is 0 Å². The van der Waals surface area contributed by atoms with Crippen molar-refractivity contribution in [1.82, 2.24) is 69.8 Å². The third-order valence-corrected chi connectivity index (χ3v) is 27.7. The fraction of sp³-hybridized carbons (Fsp3) is 0. The van der Waals surface area contributed by atoms with Gasteiger partial charge in [-0.2, -0.15) is 0 Å². The van der Waals surface area contributed by atoms with Crippen LogP contribution in [0.4, 0.5) is 0 Å². The molecule has 0 amide bonds. The van der Waals surface area contributed by atoms with Crippen molar-refractivity contribution in [3.63, 3.8) is 0 Å². The Balaban J connectivity index is 0.000000108. The molecule has 14 heteroatoms. The van der Waals surface area contributed by atoms with Crippen LogP contribution >= 0.6 is 0 Å². The number of benzene rings is 18. The summed E-state index contributed by atoms with van der Waals surface area (Å²) >= 11 is 0. The highest BCUT2D eigenvalue weighted by atomic mass is 15.0. The Morgan fingerprint density at radius 2 is 0.403 bits per heavy atom. The minimum Gasteiger partial charge on any atom is -0.265 e. The van der Waals surface area contributed by atoms with E-state index in [0.717, 1.165) is 226 Å². The van der Waals surface area contributed by atoms with Crippen LogP contribution < -0.4 is 0 Å². The van der Waals surface area contributed by atoms with Gasteiger partial charge in [0.2, 0.25) is 0 Å². The predicted molar refractivity (Wildman–Crippen MR) is 591 cm³/mol. The second kappa shape index (κ2) is 35.4. The number of rotatable bonds is 11. The van der Waals surface area contributed by atoms with Crippen LogP contribution in [-0.4, -0.2) is 69.8 Å². The number of hydrogen-bond donors (Lipinski definition) is 0. The Morgan fingerprint density at radius 3 is 0.806 bits per heavy atom. The van der Waals surface area contributed by atoms with Gasteiger partial charge in [0, 0.05) is 168 Å². The molecule has 0 atom stereocenters. The molecule has 18 aromatic carbocycles. The van der Waals surface area contributed by atoms with E-state index in [1.54, 1.807) is 0 Å². The van der Waals surface area contributed by atoms with Crippen LogP contribution in [0.5, 0.6) is 0 Å². The van der Waals surface area contributed by atoms with Gasteiger partial charge >= 0.3 is 0 Å². The van der Waals surface area contributed by atoms with Crippen LogP contribution in [0.1, 0.15) is 0 Å². The van der Waals surface area contributed by atoms with Crippen LogP contribution in [0.3, 0.4) is 0 Å². The summed E-state index contributed by atoms with van der Waals surface area (Å²) in [5.41, 5.74) is 24.0. The van der Waals surface area contributed by atoms with Crippen LogP contribution in [0.2, 0.25) is 0 Å². The SMILES string of the molecule is c1cc(-c2ccncc2)nc(-c2ccc(-c3nc4ccccc4c4c5ccccc5c5ccccc5c34)c3ccccc23)c1.c1ccc(-c2cc(-c3ccccc3)nc(-c3ccc(-c4nc5ccccc5c5c6cccnc6c6ncccc6c45)c4ccccc34)n2)cc1.c1ccc(-c2nc(-c3ccccc3)nc(-c3ccc(-c4nc5ccccc5c5c6cccnc6c6ncccc6c45)c4ccccc34)n2)cc1. The van der Waals surface area contributed by atoms with E-state index in [0.29, 0.717) is 23.3 Å². The molecule has 0 N–H and O–H groups in total. The maximum absolute atomic E-state index is 5.42. The molecule has 0 saturated carbocycles. The zero-order chi connectivity index (χ0) is 95.1. The van der Waals surface area contributed by atoms with Gasteiger partial charge in [0.05, 0.1) is 78.5 Å². The molecular weight excluding hydrogens is 1760 g/mol. The average molecular weight is 1840 g/mol. The number of para-hydroxylation sites is 3. The molecule has 29 aromatic rings. The minimum absolute atomic E-state index is 0.614. The fourth-order valence-electron chi connectivity index (χ4n) is 21.3. The average Bonchev–Trinajstić information content (AvgIpc) is 0.717. The standard InChI is InChI=1S/C45H27N5.C44H26N6.C41H25N3/c1-3-13-28(14-4-1)38-27-39(29-15-5-2-6-16-29)50-45(49-38)33-24-23-32(30-17-7-8-18-31(30)33)42-41-36-21-12-26-47-44(36)43-35(20-11-25-46-43)40(41)34-19-9-10-22-37(34)48-42;1-3-13-27(14-4-1)42-48-43(28-15-5-2-6-16-28)50-44(49-42)32-24-23-31(29-17-7-8-18-30(29)32)39-38-35-21-12-26-46-41(35)40-34(20-11-25-45-40)37(38)33-19-9-10-22-36(33)47-39;1-2-13-30-27(10-1)31(37-19-9-18-36(43-37)26-22-24-42-25-23-26)20-21-34(30)41-40-33-15-6-4-12-29(33)28-11-3-5-14-32(28)39(40)35-16-7-8-17-38(35)44-41/h1-27H;1-26H;1-25H. The van der Waals surface area contributed by atoms with E-state index in [4.69, 9.17) is 64.8 Å². The zero-order valence-electron chi connectivity index (χ0n) is 77.3. The second-order valence-electron chi connectivity index (χ2n) is 35.9. The summed E-state index contributed by atoms with van der Waals surface area (Å²) in [5, 5.41) is 25.8. The zero-order valence-corrected chi connectivity index (χ0v) is 77.3. The molecule has 144 heavy (non-hydrogen) atoms. The Kier molecular flexibility index (Phi) is 20.6. The lowest BCUT2D eigenvalue weighted by Crippen LogP contribution is -2.01. The molecule has 0 bridgehead atoms. The molecule has 11 aromatic heterocycles. The Labute approximate surface area is 824 Å². The lowest BCUT2D eigenvalue weighted by Gasteiger charge is -2.18. The molecule has 11 heterocycles. The monoisotopic (exact) mass is 1830 g/mol. The van der Waals surface area contributed by atoms with Crippen molar-refractivity contribution in [2.45, 2.75) is 0 Å². The van der Waals surface area contributed by atoms with Gasteiger partial charge in [0.15, 0.2) is 23.3 Å². The molecule has 0 aliphatic rings. The quantitative estimate of drug-likeness (QED) is 0.112. The molecule has 0 radical (unpaired) electrons. The maximum atomic E-state index is 5.42. The Morgan fingerprint density at radius 1 is 0.132 bits per heavy atom. The number of nitrogens with zero attached hydrogens (tertiary/aromatic N) is 14. The maximum Gasteiger partial charge on any atom is 0.164 e. The second-order valence-corrected chi connectivity index (χ2v) is 35.9. The summed E-state index contributed by atoms with van der Waals surface area (Å²) in [6, 6.07) is 151. The number of aromatic nitrogens is 14. The van der Waals surface area contributed by atoms with Crippen LogP contribution in [0.25, 0.3) is 287 Å². The van der Waals surface area contributed by atoms with E-state index >= 15 is 0 Å². The van der Waals surface area contributed by atoms with Crippen LogP contribution in [0.15, 0.2) is 474 Å². The van der Waals surface area contributed by atoms with Crippen molar-refractivity contribution in [3.8, 4) is 124 Å². The van der Waals surface area contributed by atoms with E-state index in [-0.39, 0.29) is 0 Å². The van der Waals surface area contributed by atoms with Crippen molar-refractivity contribution < 1.29 is 0 Å². The molecule has 0 fully saturated rings. The van der Waals surface area contributed by atoms with E-state index in [1.807, 2.05) is 177 Å². The highest BCUT2D eigenvalue weighted by molar-refractivity contribution is 6.37. The van der Waals surface area contributed by atoms with E-state index < -0.39 is 0 Å². The number of pyridine rings is 9. The first kappa shape index (κ1) is 83.7. The van der Waals surface area contributed by atoms with Gasteiger partial charge in [-0.3, -0.25) is 24.9 Å². The van der Waals surface area contributed by atoms with Crippen molar-refractivity contribution in [2.75, 3.05) is 0 Å². The molecule has 29 rings (SSSR count). The van der Waals surface area contributed by atoms with Gasteiger partial charge in [-0.05, 0) is 139 Å². The number of hydrogen-bond acceptors (Lipinski definition) is 14. The van der Waals surface area contributed by atoms with Gasteiger partial charge in [-0.15, -0.1) is 0 Å². The Bertz CT molecular complexity index is 9730. The van der Waals surface area contributed by atoms with E-state index in [2.05, 4.69) is 302 Å². The highest BCUT2D eigenvalue weighted by Crippen LogP contribution is 2.51. The first-order valence-corrected chi connectivity index (χ1v) is 48.1. The summed E-state index contributed by atoms with van der Waals surface area (Å²) in [4.78, 5) is 70.2. The predicted octanol–water partition coefficient (Wildman–Crippen LogP) is 32.2. The fourth-order valence-corrected chi connectivity index (χ4v) is 21.3. The Hall–Kier alpha value is -19.7. The van der Waals surface area contributed by atoms with Crippen molar-refractivity contribution >= 4 is 163 Å². The molecule has 0 spiro atoms. The van der Waals surface area contributed by atoms with Gasteiger partial charge in [-0.25, -0.2) is 44.9 Å². The highest BCUT2D eigenvalue weighted by Gasteiger charge is 2.28. The van der Waals surface area contributed by atoms with E-state index in [9.17, 15) is 0 Å². The summed E-state index contributed by atoms with van der Waals surface area (Å²) in [6.07, 6.45) is 11.0. The molecule has 668 valence electrons. The third-order valence-electron chi connectivity index (χ3n) is 27.7. The molecule has 0 aliphatic heterocycles. The first-order chi connectivity index (χ1) is 71.5. The lowest BCUT2D eigenvalue weighted by atomic mass is 9.88. The minimum atomic E-state index is 0.614. The smallest absolute Gasteiger partial charge is 0.164 e. The number of fused-ring (bicyclic) bond motifs is 27. The van der Waals surface area contributed by atoms with Crippen molar-refractivity contribution in [1.29, 1.82) is 0 Å². The summed E-state index contributed by atoms with van der Waals surface area (Å²) in [7, 11) is 0. The largest absolute Gasteiger partial charge is 0.265 e. The normalized spacial score (nSPS) is 11.6. The molecule has 14 nitrogen and oxygen atoms in total. The summed E-state index contributed by atoms with van der Waals surface area (Å²) < 4.78 is 0. The topological polar surface area (TPSA) is 180 Å². The molecule has 0 saturated heterocycles. The molecule has 0 unspecified atom stereocenters. The van der Waals surface area contributed by atoms with Crippen LogP contribution in [0, 0.1) is 0 Å². The third kappa shape index (κ3) is 14.4. The van der Waals surface area contributed by atoms with Crippen LogP contribution in [-0.2, 0) is 0 Å². The lowest BCUT2D eigenvalue weighted by molar-refractivity contribution is 1.08. The van der Waals surface area contributed by atoms with Crippen molar-refractivity contribution in [2.24, 2.45) is 0 Å². The van der Waals surface area contributed by atoms with Gasteiger partial charge in [-0.1, -0.05) is 352 Å². The summed E-state index contributed by atoms with van der Waals surface area (Å²) in [5.74, 6) is 2.55. The van der Waals surface area contributed by atoms with E-state index in [1.165, 1.54) is 37.7 Å². The van der Waals surface area contributed by atoms with Gasteiger partial charge in [0.25, 0.3) is 0 Å². The summed E-state index contributed by atoms with van der Waals surface area (Å²) in [6.45, 7) is 0. The van der Waals surface area contributed by atoms with Crippen molar-refractivity contribution in [3.05, 3.63) is 474 Å².